The van der Waals surface area contributed by atoms with Crippen LogP contribution in [0.4, 0.5) is 0 Å². The molecule has 0 bridgehead atoms. The molecule has 2 N–H and O–H groups in total. The van der Waals surface area contributed by atoms with E-state index in [9.17, 15) is 19.5 Å². The molecule has 0 saturated heterocycles. The fourth-order valence-corrected chi connectivity index (χ4v) is 6.33. The molecule has 0 spiro atoms. The maximum absolute atomic E-state index is 12.8. The molecular formula is C28H28ClNO5S2. The van der Waals surface area contributed by atoms with Crippen molar-refractivity contribution >= 4 is 52.4 Å². The lowest BCUT2D eigenvalue weighted by molar-refractivity contribution is -0.139. The van der Waals surface area contributed by atoms with E-state index in [0.29, 0.717) is 15.7 Å². The summed E-state index contributed by atoms with van der Waals surface area (Å²) in [6.45, 7) is 0.749. The lowest BCUT2D eigenvalue weighted by atomic mass is 10.0. The number of fused-ring (bicyclic) bond motifs is 1. The third kappa shape index (κ3) is 7.84. The summed E-state index contributed by atoms with van der Waals surface area (Å²) in [5.41, 5.74) is 3.44. The molecule has 0 radical (unpaired) electrons. The predicted molar refractivity (Wildman–Crippen MR) is 148 cm³/mol. The average Bonchev–Trinajstić information content (AvgIpc) is 3.54. The van der Waals surface area contributed by atoms with Crippen molar-refractivity contribution in [3.05, 3.63) is 86.1 Å². The Balaban J connectivity index is 1.27. The summed E-state index contributed by atoms with van der Waals surface area (Å²) < 4.78 is 5.56. The van der Waals surface area contributed by atoms with Crippen LogP contribution in [0.15, 0.2) is 54.6 Å². The van der Waals surface area contributed by atoms with Gasteiger partial charge in [0.15, 0.2) is 5.78 Å². The zero-order valence-corrected chi connectivity index (χ0v) is 22.6. The van der Waals surface area contributed by atoms with Crippen LogP contribution in [0.25, 0.3) is 0 Å². The Hall–Kier alpha value is -2.81. The molecule has 0 unspecified atom stereocenters. The van der Waals surface area contributed by atoms with Gasteiger partial charge in [0, 0.05) is 22.1 Å². The number of carbonyl (C=O) groups is 3. The van der Waals surface area contributed by atoms with Gasteiger partial charge in [-0.2, -0.15) is 0 Å². The van der Waals surface area contributed by atoms with Gasteiger partial charge in [-0.25, -0.2) is 0 Å². The number of thioether (sulfide) groups is 1. The summed E-state index contributed by atoms with van der Waals surface area (Å²) in [4.78, 5) is 38.4. The van der Waals surface area contributed by atoms with Crippen molar-refractivity contribution in [2.24, 2.45) is 0 Å². The van der Waals surface area contributed by atoms with Crippen LogP contribution in [0.3, 0.4) is 0 Å². The molecule has 1 aliphatic heterocycles. The van der Waals surface area contributed by atoms with E-state index in [1.165, 1.54) is 34.2 Å². The molecule has 0 aliphatic carbocycles. The second kappa shape index (κ2) is 13.1. The van der Waals surface area contributed by atoms with Gasteiger partial charge in [0.05, 0.1) is 29.7 Å². The summed E-state index contributed by atoms with van der Waals surface area (Å²) in [6.07, 6.45) is 3.22. The largest absolute Gasteiger partial charge is 0.493 e. The predicted octanol–water partition coefficient (Wildman–Crippen LogP) is 5.59. The number of ether oxygens (including phenoxy) is 1. The molecule has 194 valence electrons. The molecule has 9 heteroatoms. The molecule has 1 amide bonds. The minimum absolute atomic E-state index is 0.0773. The average molecular weight is 558 g/mol. The molecule has 2 heterocycles. The number of ketones is 1. The minimum atomic E-state index is -1.14. The second-order valence-electron chi connectivity index (χ2n) is 8.83. The molecule has 2 aromatic carbocycles. The SMILES string of the molecule is O=C(O)C[C@H](NC(=O)c1ccc(CCCc2ccc3c(c2)CCO3)s1)C(=O)CSCc1ccccc1Cl. The van der Waals surface area contributed by atoms with Gasteiger partial charge >= 0.3 is 5.97 Å². The number of hydrogen-bond donors (Lipinski definition) is 2. The van der Waals surface area contributed by atoms with Crippen LogP contribution in [-0.2, 0) is 34.6 Å². The molecule has 1 atom stereocenters. The topological polar surface area (TPSA) is 92.7 Å². The number of carboxylic acids is 1. The highest BCUT2D eigenvalue weighted by molar-refractivity contribution is 7.99. The van der Waals surface area contributed by atoms with Crippen LogP contribution in [0.2, 0.25) is 5.02 Å². The van der Waals surface area contributed by atoms with Gasteiger partial charge < -0.3 is 15.2 Å². The maximum atomic E-state index is 12.8. The highest BCUT2D eigenvalue weighted by Gasteiger charge is 2.25. The third-order valence-corrected chi connectivity index (χ3v) is 8.58. The number of halogens is 1. The molecule has 1 aromatic heterocycles. The number of Topliss-reactive ketones (excluding diaryl/α,β-unsaturated/α-hetero) is 1. The Kier molecular flexibility index (Phi) is 9.66. The van der Waals surface area contributed by atoms with Crippen LogP contribution in [0.5, 0.6) is 5.75 Å². The fraction of sp³-hybridized carbons (Fsp3) is 0.321. The van der Waals surface area contributed by atoms with Crippen LogP contribution >= 0.6 is 34.7 Å². The number of aryl methyl sites for hydroxylation is 2. The van der Waals surface area contributed by atoms with Crippen molar-refractivity contribution in [1.29, 1.82) is 0 Å². The molecule has 4 rings (SSSR count). The quantitative estimate of drug-likeness (QED) is 0.285. The number of nitrogens with one attached hydrogen (secondary N) is 1. The van der Waals surface area contributed by atoms with Crippen molar-refractivity contribution in [3.63, 3.8) is 0 Å². The maximum Gasteiger partial charge on any atom is 0.305 e. The summed E-state index contributed by atoms with van der Waals surface area (Å²) in [6, 6.07) is 16.3. The van der Waals surface area contributed by atoms with Gasteiger partial charge in [-0.05, 0) is 60.2 Å². The van der Waals surface area contributed by atoms with E-state index in [0.717, 1.165) is 48.5 Å². The summed E-state index contributed by atoms with van der Waals surface area (Å²) >= 11 is 8.87. The Morgan fingerprint density at radius 3 is 2.76 bits per heavy atom. The van der Waals surface area contributed by atoms with E-state index in [-0.39, 0.29) is 11.5 Å². The Labute approximate surface area is 229 Å². The first-order chi connectivity index (χ1) is 17.9. The Bertz CT molecular complexity index is 1270. The van der Waals surface area contributed by atoms with Gasteiger partial charge in [0.25, 0.3) is 5.91 Å². The number of rotatable bonds is 13. The van der Waals surface area contributed by atoms with Crippen molar-refractivity contribution in [2.45, 2.75) is 43.9 Å². The van der Waals surface area contributed by atoms with Crippen molar-refractivity contribution in [2.75, 3.05) is 12.4 Å². The van der Waals surface area contributed by atoms with Gasteiger partial charge in [-0.1, -0.05) is 41.9 Å². The fourth-order valence-electron chi connectivity index (χ4n) is 4.12. The van der Waals surface area contributed by atoms with Crippen LogP contribution in [0, 0.1) is 0 Å². The molecule has 0 fully saturated rings. The highest BCUT2D eigenvalue weighted by Crippen LogP contribution is 2.27. The first-order valence-electron chi connectivity index (χ1n) is 12.1. The van der Waals surface area contributed by atoms with E-state index in [1.54, 1.807) is 12.1 Å². The molecule has 37 heavy (non-hydrogen) atoms. The van der Waals surface area contributed by atoms with E-state index < -0.39 is 24.3 Å². The summed E-state index contributed by atoms with van der Waals surface area (Å²) in [7, 11) is 0. The number of carboxylic acid groups (broad SMARTS) is 1. The number of benzene rings is 2. The second-order valence-corrected chi connectivity index (χ2v) is 11.4. The number of aliphatic carboxylic acids is 1. The van der Waals surface area contributed by atoms with Crippen LogP contribution in [0.1, 0.15) is 44.1 Å². The smallest absolute Gasteiger partial charge is 0.305 e. The lowest BCUT2D eigenvalue weighted by Crippen LogP contribution is -2.43. The van der Waals surface area contributed by atoms with Gasteiger partial charge in [0.2, 0.25) is 0 Å². The molecule has 1 aliphatic rings. The number of amides is 1. The highest BCUT2D eigenvalue weighted by atomic mass is 35.5. The Morgan fingerprint density at radius 2 is 1.95 bits per heavy atom. The van der Waals surface area contributed by atoms with Crippen molar-refractivity contribution in [3.8, 4) is 5.75 Å². The van der Waals surface area contributed by atoms with E-state index in [4.69, 9.17) is 16.3 Å². The molecule has 3 aromatic rings. The monoisotopic (exact) mass is 557 g/mol. The zero-order chi connectivity index (χ0) is 26.2. The number of carbonyl (C=O) groups excluding carboxylic acids is 2. The first-order valence-corrected chi connectivity index (χ1v) is 14.4. The molecular weight excluding hydrogens is 530 g/mol. The van der Waals surface area contributed by atoms with E-state index in [1.807, 2.05) is 30.3 Å². The van der Waals surface area contributed by atoms with Crippen molar-refractivity contribution < 1.29 is 24.2 Å². The summed E-state index contributed by atoms with van der Waals surface area (Å²) in [5.74, 6) is -0.313. The van der Waals surface area contributed by atoms with Gasteiger partial charge in [-0.3, -0.25) is 14.4 Å². The Morgan fingerprint density at radius 1 is 1.11 bits per heavy atom. The molecule has 0 saturated carbocycles. The van der Waals surface area contributed by atoms with E-state index >= 15 is 0 Å². The first kappa shape index (κ1) is 27.2. The normalized spacial score (nSPS) is 13.0. The van der Waals surface area contributed by atoms with Crippen molar-refractivity contribution in [1.82, 2.24) is 5.32 Å². The van der Waals surface area contributed by atoms with Gasteiger partial charge in [-0.15, -0.1) is 23.1 Å². The van der Waals surface area contributed by atoms with Crippen LogP contribution < -0.4 is 10.1 Å². The number of hydrogen-bond acceptors (Lipinski definition) is 6. The summed E-state index contributed by atoms with van der Waals surface area (Å²) in [5, 5.41) is 12.5. The zero-order valence-electron chi connectivity index (χ0n) is 20.2. The van der Waals surface area contributed by atoms with Gasteiger partial charge in [0.1, 0.15) is 5.75 Å². The minimum Gasteiger partial charge on any atom is -0.493 e. The number of thiophene rings is 1. The molecule has 6 nitrogen and oxygen atoms in total. The standard InChI is InChI=1S/C28H28ClNO5S2/c29-22-7-2-1-5-20(22)16-36-17-24(31)23(15-27(32)33)30-28(34)26-11-9-21(37-26)6-3-4-18-8-10-25-19(14-18)12-13-35-25/h1-2,5,7-11,14,23H,3-4,6,12-13,15-17H2,(H,30,34)(H,32,33)/t23-/m0/s1. The van der Waals surface area contributed by atoms with Crippen LogP contribution in [-0.4, -0.2) is 41.2 Å². The third-order valence-electron chi connectivity index (χ3n) is 6.06. The van der Waals surface area contributed by atoms with E-state index in [2.05, 4.69) is 17.4 Å². The lowest BCUT2D eigenvalue weighted by Gasteiger charge is -2.15.